The number of halogens is 1. The SMILES string of the molecule is Cc1ccc(CNC(=O)c2nccn2Cc2ccccc2Cl)cc1. The molecule has 0 aliphatic heterocycles. The molecule has 0 saturated heterocycles. The Morgan fingerprint density at radius 1 is 1.17 bits per heavy atom. The number of imidazole rings is 1. The Morgan fingerprint density at radius 3 is 2.67 bits per heavy atom. The largest absolute Gasteiger partial charge is 0.345 e. The Bertz CT molecular complexity index is 840. The Hall–Kier alpha value is -2.59. The number of carbonyl (C=O) groups is 1. The lowest BCUT2D eigenvalue weighted by Gasteiger charge is -2.10. The summed E-state index contributed by atoms with van der Waals surface area (Å²) in [4.78, 5) is 16.6. The number of rotatable bonds is 5. The highest BCUT2D eigenvalue weighted by Crippen LogP contribution is 2.17. The maximum atomic E-state index is 12.4. The molecular weight excluding hydrogens is 322 g/mol. The van der Waals surface area contributed by atoms with Crippen molar-refractivity contribution in [3.63, 3.8) is 0 Å². The molecule has 0 spiro atoms. The second kappa shape index (κ2) is 7.32. The molecule has 1 aromatic heterocycles. The Morgan fingerprint density at radius 2 is 1.92 bits per heavy atom. The lowest BCUT2D eigenvalue weighted by Crippen LogP contribution is -2.26. The van der Waals surface area contributed by atoms with Crippen LogP contribution in [-0.2, 0) is 13.1 Å². The van der Waals surface area contributed by atoms with E-state index in [1.807, 2.05) is 55.5 Å². The van der Waals surface area contributed by atoms with Gasteiger partial charge in [0, 0.05) is 24.0 Å². The van der Waals surface area contributed by atoms with Gasteiger partial charge in [0.05, 0.1) is 6.54 Å². The third-order valence-corrected chi connectivity index (χ3v) is 4.16. The van der Waals surface area contributed by atoms with E-state index in [0.717, 1.165) is 11.1 Å². The fourth-order valence-corrected chi connectivity index (χ4v) is 2.62. The van der Waals surface area contributed by atoms with Gasteiger partial charge in [-0.15, -0.1) is 0 Å². The van der Waals surface area contributed by atoms with Crippen molar-refractivity contribution in [3.8, 4) is 0 Å². The summed E-state index contributed by atoms with van der Waals surface area (Å²) in [6.07, 6.45) is 3.40. The van der Waals surface area contributed by atoms with E-state index in [0.29, 0.717) is 23.9 Å². The van der Waals surface area contributed by atoms with Gasteiger partial charge in [0.1, 0.15) is 0 Å². The van der Waals surface area contributed by atoms with Crippen LogP contribution < -0.4 is 5.32 Å². The number of benzene rings is 2. The van der Waals surface area contributed by atoms with Crippen molar-refractivity contribution in [3.05, 3.63) is 88.5 Å². The van der Waals surface area contributed by atoms with Gasteiger partial charge in [0.2, 0.25) is 0 Å². The summed E-state index contributed by atoms with van der Waals surface area (Å²) < 4.78 is 1.80. The van der Waals surface area contributed by atoms with Crippen LogP contribution in [0.4, 0.5) is 0 Å². The second-order valence-electron chi connectivity index (χ2n) is 5.64. The molecule has 122 valence electrons. The van der Waals surface area contributed by atoms with Gasteiger partial charge in [-0.2, -0.15) is 0 Å². The molecule has 0 unspecified atom stereocenters. The van der Waals surface area contributed by atoms with Crippen molar-refractivity contribution >= 4 is 17.5 Å². The molecule has 0 saturated carbocycles. The van der Waals surface area contributed by atoms with Crippen LogP contribution in [0.3, 0.4) is 0 Å². The molecule has 3 rings (SSSR count). The smallest absolute Gasteiger partial charge is 0.287 e. The molecule has 24 heavy (non-hydrogen) atoms. The minimum absolute atomic E-state index is 0.201. The maximum Gasteiger partial charge on any atom is 0.287 e. The first-order chi connectivity index (χ1) is 11.6. The van der Waals surface area contributed by atoms with Gasteiger partial charge >= 0.3 is 0 Å². The van der Waals surface area contributed by atoms with Crippen LogP contribution in [0.1, 0.15) is 27.3 Å². The molecule has 0 bridgehead atoms. The average molecular weight is 340 g/mol. The minimum Gasteiger partial charge on any atom is -0.345 e. The normalized spacial score (nSPS) is 10.6. The van der Waals surface area contributed by atoms with Crippen LogP contribution in [0.5, 0.6) is 0 Å². The highest BCUT2D eigenvalue weighted by atomic mass is 35.5. The number of nitrogens with one attached hydrogen (secondary N) is 1. The number of hydrogen-bond acceptors (Lipinski definition) is 2. The Labute approximate surface area is 146 Å². The van der Waals surface area contributed by atoms with E-state index >= 15 is 0 Å². The predicted molar refractivity (Wildman–Crippen MR) is 95.1 cm³/mol. The molecule has 0 aliphatic carbocycles. The van der Waals surface area contributed by atoms with Gasteiger partial charge in [0.25, 0.3) is 5.91 Å². The third kappa shape index (κ3) is 3.84. The van der Waals surface area contributed by atoms with Crippen molar-refractivity contribution in [2.75, 3.05) is 0 Å². The maximum absolute atomic E-state index is 12.4. The fourth-order valence-electron chi connectivity index (χ4n) is 2.42. The topological polar surface area (TPSA) is 46.9 Å². The van der Waals surface area contributed by atoms with E-state index in [9.17, 15) is 4.79 Å². The van der Waals surface area contributed by atoms with E-state index in [1.165, 1.54) is 5.56 Å². The molecule has 3 aromatic rings. The number of carbonyl (C=O) groups excluding carboxylic acids is 1. The van der Waals surface area contributed by atoms with Gasteiger partial charge < -0.3 is 9.88 Å². The summed E-state index contributed by atoms with van der Waals surface area (Å²) in [7, 11) is 0. The van der Waals surface area contributed by atoms with Crippen LogP contribution in [0.2, 0.25) is 5.02 Å². The van der Waals surface area contributed by atoms with Crippen LogP contribution in [0, 0.1) is 6.92 Å². The molecule has 0 aliphatic rings. The summed E-state index contributed by atoms with van der Waals surface area (Å²) in [5.41, 5.74) is 3.20. The molecule has 0 atom stereocenters. The highest BCUT2D eigenvalue weighted by Gasteiger charge is 2.13. The average Bonchev–Trinajstić information content (AvgIpc) is 3.04. The molecule has 1 heterocycles. The molecular formula is C19H18ClN3O. The van der Waals surface area contributed by atoms with Crippen molar-refractivity contribution in [2.24, 2.45) is 0 Å². The quantitative estimate of drug-likeness (QED) is 0.768. The first-order valence-electron chi connectivity index (χ1n) is 7.72. The second-order valence-corrected chi connectivity index (χ2v) is 6.05. The highest BCUT2D eigenvalue weighted by molar-refractivity contribution is 6.31. The van der Waals surface area contributed by atoms with Crippen LogP contribution in [0.25, 0.3) is 0 Å². The van der Waals surface area contributed by atoms with E-state index in [4.69, 9.17) is 11.6 Å². The first kappa shape index (κ1) is 16.3. The van der Waals surface area contributed by atoms with Crippen molar-refractivity contribution in [2.45, 2.75) is 20.0 Å². The van der Waals surface area contributed by atoms with Crippen molar-refractivity contribution in [1.82, 2.24) is 14.9 Å². The summed E-state index contributed by atoms with van der Waals surface area (Å²) in [6.45, 7) is 3.01. The zero-order valence-electron chi connectivity index (χ0n) is 13.4. The molecule has 0 radical (unpaired) electrons. The number of nitrogens with zero attached hydrogens (tertiary/aromatic N) is 2. The lowest BCUT2D eigenvalue weighted by atomic mass is 10.1. The number of amides is 1. The zero-order valence-corrected chi connectivity index (χ0v) is 14.1. The van der Waals surface area contributed by atoms with E-state index in [2.05, 4.69) is 10.3 Å². The van der Waals surface area contributed by atoms with Gasteiger partial charge in [-0.25, -0.2) is 4.98 Å². The summed E-state index contributed by atoms with van der Waals surface area (Å²) in [6, 6.07) is 15.7. The van der Waals surface area contributed by atoms with E-state index in [1.54, 1.807) is 17.0 Å². The molecule has 5 heteroatoms. The number of hydrogen-bond donors (Lipinski definition) is 1. The Balaban J connectivity index is 1.69. The third-order valence-electron chi connectivity index (χ3n) is 3.79. The van der Waals surface area contributed by atoms with Crippen LogP contribution >= 0.6 is 11.6 Å². The van der Waals surface area contributed by atoms with Crippen LogP contribution in [-0.4, -0.2) is 15.5 Å². The predicted octanol–water partition coefficient (Wildman–Crippen LogP) is 3.82. The monoisotopic (exact) mass is 339 g/mol. The van der Waals surface area contributed by atoms with Gasteiger partial charge in [-0.3, -0.25) is 4.79 Å². The van der Waals surface area contributed by atoms with Gasteiger partial charge in [-0.05, 0) is 24.1 Å². The minimum atomic E-state index is -0.201. The van der Waals surface area contributed by atoms with E-state index < -0.39 is 0 Å². The summed E-state index contributed by atoms with van der Waals surface area (Å²) >= 11 is 6.19. The van der Waals surface area contributed by atoms with E-state index in [-0.39, 0.29) is 5.91 Å². The Kier molecular flexibility index (Phi) is 4.96. The summed E-state index contributed by atoms with van der Waals surface area (Å²) in [5, 5.41) is 3.58. The van der Waals surface area contributed by atoms with Crippen LogP contribution in [0.15, 0.2) is 60.9 Å². The summed E-state index contributed by atoms with van der Waals surface area (Å²) in [5.74, 6) is 0.176. The van der Waals surface area contributed by atoms with Gasteiger partial charge in [0.15, 0.2) is 5.82 Å². The zero-order chi connectivity index (χ0) is 16.9. The van der Waals surface area contributed by atoms with Crippen molar-refractivity contribution in [1.29, 1.82) is 0 Å². The molecule has 1 amide bonds. The first-order valence-corrected chi connectivity index (χ1v) is 8.09. The number of aryl methyl sites for hydroxylation is 1. The van der Waals surface area contributed by atoms with Crippen molar-refractivity contribution < 1.29 is 4.79 Å². The fraction of sp³-hybridized carbons (Fsp3) is 0.158. The van der Waals surface area contributed by atoms with Gasteiger partial charge in [-0.1, -0.05) is 59.6 Å². The molecule has 2 aromatic carbocycles. The lowest BCUT2D eigenvalue weighted by molar-refractivity contribution is 0.0936. The molecule has 4 nitrogen and oxygen atoms in total. The molecule has 1 N–H and O–H groups in total. The molecule has 0 fully saturated rings. The number of aromatic nitrogens is 2. The standard InChI is InChI=1S/C19H18ClN3O/c1-14-6-8-15(9-7-14)12-22-19(24)18-21-10-11-23(18)13-16-4-2-3-5-17(16)20/h2-11H,12-13H2,1H3,(H,22,24).